The molecule has 0 aliphatic carbocycles. The van der Waals surface area contributed by atoms with Crippen LogP contribution in [0, 0.1) is 0 Å². The second-order valence-corrected chi connectivity index (χ2v) is 11.6. The lowest BCUT2D eigenvalue weighted by Crippen LogP contribution is -2.11. The fourth-order valence-electron chi connectivity index (χ4n) is 3.53. The zero-order valence-corrected chi connectivity index (χ0v) is 24.0. The number of benzene rings is 3. The molecule has 224 valence electrons. The van der Waals surface area contributed by atoms with Gasteiger partial charge in [-0.3, -0.25) is 4.55 Å². The average Bonchev–Trinajstić information content (AvgIpc) is 2.95. The molecule has 0 amide bonds. The van der Waals surface area contributed by atoms with Gasteiger partial charge < -0.3 is 30.8 Å². The topological polar surface area (TPSA) is 255 Å². The van der Waals surface area contributed by atoms with Gasteiger partial charge in [-0.05, 0) is 18.2 Å². The molecule has 16 nitrogen and oxygen atoms in total. The molecule has 0 unspecified atom stereocenters. The molecule has 0 saturated carbocycles. The molecule has 0 aromatic heterocycles. The van der Waals surface area contributed by atoms with Crippen LogP contribution in [0.1, 0.15) is 10.4 Å². The van der Waals surface area contributed by atoms with E-state index in [0.29, 0.717) is 0 Å². The largest absolute Gasteiger partial charge is 0.495 e. The second kappa shape index (κ2) is 12.9. The maximum atomic E-state index is 12.6. The van der Waals surface area contributed by atoms with Gasteiger partial charge in [0.25, 0.3) is 10.1 Å². The Labute approximate surface area is 240 Å². The number of azo groups is 2. The van der Waals surface area contributed by atoms with Crippen LogP contribution in [0.3, 0.4) is 0 Å². The number of aliphatic hydroxyl groups excluding tert-OH is 1. The molecule has 3 aromatic rings. The number of nitrogen functional groups attached to an aromatic ring is 2. The Morgan fingerprint density at radius 2 is 1.43 bits per heavy atom. The summed E-state index contributed by atoms with van der Waals surface area (Å²) in [6.45, 7) is -0.633. The van der Waals surface area contributed by atoms with Gasteiger partial charge in [0.05, 0.1) is 50.6 Å². The second-order valence-electron chi connectivity index (χ2n) is 8.17. The Morgan fingerprint density at radius 1 is 0.810 bits per heavy atom. The lowest BCUT2D eigenvalue weighted by molar-refractivity contribution is 0.0601. The fraction of sp³-hybridized carbons (Fsp3) is 0.208. The van der Waals surface area contributed by atoms with E-state index < -0.39 is 54.6 Å². The number of aliphatic hydroxyl groups is 1. The van der Waals surface area contributed by atoms with Gasteiger partial charge in [0.15, 0.2) is 9.84 Å². The zero-order chi connectivity index (χ0) is 31.2. The summed E-state index contributed by atoms with van der Waals surface area (Å²) in [4.78, 5) is 11.0. The number of carbonyl (C=O) groups is 1. The lowest BCUT2D eigenvalue weighted by atomic mass is 10.2. The SMILES string of the molecule is COC(=O)c1ccccc1N=Nc1cc(S(=O)(=O)O)c(N)c(N=Nc2cc(OC)c(S(=O)(=O)CCO)cc2OC)c1N. The number of methoxy groups -OCH3 is 3. The van der Waals surface area contributed by atoms with Crippen molar-refractivity contribution in [3.8, 4) is 11.5 Å². The van der Waals surface area contributed by atoms with Gasteiger partial charge in [0.2, 0.25) is 0 Å². The normalized spacial score (nSPS) is 12.1. The quantitative estimate of drug-likeness (QED) is 0.104. The minimum Gasteiger partial charge on any atom is -0.495 e. The number of hydrogen-bond acceptors (Lipinski definition) is 15. The van der Waals surface area contributed by atoms with Crippen LogP contribution in [-0.2, 0) is 24.7 Å². The van der Waals surface area contributed by atoms with Gasteiger partial charge in [0.1, 0.15) is 44.0 Å². The minimum atomic E-state index is -4.93. The van der Waals surface area contributed by atoms with E-state index in [1.165, 1.54) is 39.5 Å². The van der Waals surface area contributed by atoms with Gasteiger partial charge >= 0.3 is 5.97 Å². The summed E-state index contributed by atoms with van der Waals surface area (Å²) in [5, 5.41) is 24.9. The Bertz CT molecular complexity index is 1790. The lowest BCUT2D eigenvalue weighted by Gasteiger charge is -2.13. The van der Waals surface area contributed by atoms with Crippen LogP contribution in [0.15, 0.2) is 72.7 Å². The summed E-state index contributed by atoms with van der Waals surface area (Å²) in [6.07, 6.45) is 0. The van der Waals surface area contributed by atoms with E-state index in [4.69, 9.17) is 30.8 Å². The summed E-state index contributed by atoms with van der Waals surface area (Å²) in [7, 11) is -5.27. The Balaban J connectivity index is 2.20. The predicted octanol–water partition coefficient (Wildman–Crippen LogP) is 3.50. The summed E-state index contributed by atoms with van der Waals surface area (Å²) < 4.78 is 74.2. The van der Waals surface area contributed by atoms with Crippen molar-refractivity contribution in [3.63, 3.8) is 0 Å². The Hall–Kier alpha value is -4.65. The van der Waals surface area contributed by atoms with Gasteiger partial charge in [-0.25, -0.2) is 13.2 Å². The molecule has 0 aliphatic heterocycles. The summed E-state index contributed by atoms with van der Waals surface area (Å²) in [6, 6.07) is 9.14. The van der Waals surface area contributed by atoms with Crippen molar-refractivity contribution in [2.75, 3.05) is 45.2 Å². The third kappa shape index (κ3) is 6.79. The molecule has 0 heterocycles. The number of carbonyl (C=O) groups excluding carboxylic acids is 1. The van der Waals surface area contributed by atoms with Crippen LogP contribution in [0.5, 0.6) is 11.5 Å². The molecule has 0 radical (unpaired) electrons. The molecule has 6 N–H and O–H groups in total. The third-order valence-corrected chi connectivity index (χ3v) is 8.19. The molecule has 0 bridgehead atoms. The van der Waals surface area contributed by atoms with Gasteiger partial charge in [-0.15, -0.1) is 20.5 Å². The van der Waals surface area contributed by atoms with Crippen LogP contribution < -0.4 is 20.9 Å². The Morgan fingerprint density at radius 3 is 2.02 bits per heavy atom. The zero-order valence-electron chi connectivity index (χ0n) is 22.4. The van der Waals surface area contributed by atoms with Crippen molar-refractivity contribution in [1.82, 2.24) is 0 Å². The molecule has 18 heteroatoms. The molecule has 0 spiro atoms. The van der Waals surface area contributed by atoms with Crippen molar-refractivity contribution in [1.29, 1.82) is 0 Å². The molecule has 0 aliphatic rings. The number of rotatable bonds is 11. The highest BCUT2D eigenvalue weighted by atomic mass is 32.2. The first-order valence-electron chi connectivity index (χ1n) is 11.6. The first-order valence-corrected chi connectivity index (χ1v) is 14.7. The van der Waals surface area contributed by atoms with Crippen molar-refractivity contribution >= 4 is 60.0 Å². The van der Waals surface area contributed by atoms with E-state index in [-0.39, 0.29) is 44.7 Å². The smallest absolute Gasteiger partial charge is 0.340 e. The number of sulfone groups is 1. The van der Waals surface area contributed by atoms with Gasteiger partial charge in [-0.2, -0.15) is 8.42 Å². The highest BCUT2D eigenvalue weighted by molar-refractivity contribution is 7.91. The monoisotopic (exact) mass is 622 g/mol. The molecular formula is C24H26N6O10S2. The van der Waals surface area contributed by atoms with Gasteiger partial charge in [-0.1, -0.05) is 12.1 Å². The van der Waals surface area contributed by atoms with Crippen LogP contribution >= 0.6 is 0 Å². The fourth-order valence-corrected chi connectivity index (χ4v) is 5.36. The molecule has 0 atom stereocenters. The maximum Gasteiger partial charge on any atom is 0.340 e. The number of esters is 1. The molecule has 0 saturated heterocycles. The van der Waals surface area contributed by atoms with Crippen molar-refractivity contribution in [2.45, 2.75) is 9.79 Å². The third-order valence-electron chi connectivity index (χ3n) is 5.59. The predicted molar refractivity (Wildman–Crippen MR) is 150 cm³/mol. The van der Waals surface area contributed by atoms with E-state index in [0.717, 1.165) is 12.1 Å². The van der Waals surface area contributed by atoms with Crippen molar-refractivity contribution in [3.05, 3.63) is 48.0 Å². The van der Waals surface area contributed by atoms with Gasteiger partial charge in [0, 0.05) is 12.1 Å². The van der Waals surface area contributed by atoms with Crippen molar-refractivity contribution in [2.24, 2.45) is 20.5 Å². The minimum absolute atomic E-state index is 0.0539. The molecular weight excluding hydrogens is 596 g/mol. The van der Waals surface area contributed by atoms with Crippen LogP contribution in [0.2, 0.25) is 0 Å². The number of nitrogens with zero attached hydrogens (tertiary/aromatic N) is 4. The first kappa shape index (κ1) is 31.9. The maximum absolute atomic E-state index is 12.6. The van der Waals surface area contributed by atoms with E-state index in [9.17, 15) is 26.2 Å². The summed E-state index contributed by atoms with van der Waals surface area (Å²) >= 11 is 0. The molecule has 3 aromatic carbocycles. The van der Waals surface area contributed by atoms with Crippen LogP contribution in [0.25, 0.3) is 0 Å². The van der Waals surface area contributed by atoms with E-state index in [2.05, 4.69) is 20.5 Å². The average molecular weight is 623 g/mol. The van der Waals surface area contributed by atoms with E-state index >= 15 is 0 Å². The Kier molecular flexibility index (Phi) is 9.79. The van der Waals surface area contributed by atoms with E-state index in [1.54, 1.807) is 12.1 Å². The summed E-state index contributed by atoms with van der Waals surface area (Å²) in [5.41, 5.74) is 10.5. The van der Waals surface area contributed by atoms with Crippen LogP contribution in [0.4, 0.5) is 34.1 Å². The molecule has 3 rings (SSSR count). The van der Waals surface area contributed by atoms with Crippen LogP contribution in [-0.4, -0.2) is 66.2 Å². The highest BCUT2D eigenvalue weighted by Crippen LogP contribution is 2.44. The molecule has 0 fully saturated rings. The molecule has 42 heavy (non-hydrogen) atoms. The highest BCUT2D eigenvalue weighted by Gasteiger charge is 2.25. The standard InChI is InChI=1S/C24H26N6O10S2/c1-38-17-12-19(41(33,34)9-8-31)18(39-2)10-15(17)28-30-23-21(25)16(11-20(22(23)26)42(35,36)37)29-27-14-7-5-4-6-13(14)24(32)40-3/h4-7,10-12,31H,8-9,25-26H2,1-3H3,(H,35,36,37). The van der Waals surface area contributed by atoms with Crippen molar-refractivity contribution < 1.29 is 45.5 Å². The van der Waals surface area contributed by atoms with E-state index in [1.807, 2.05) is 0 Å². The number of anilines is 2. The summed E-state index contributed by atoms with van der Waals surface area (Å²) in [5.74, 6) is -1.52. The first-order chi connectivity index (χ1) is 19.8. The number of ether oxygens (including phenoxy) is 3. The number of nitrogens with two attached hydrogens (primary N) is 2. The number of hydrogen-bond donors (Lipinski definition) is 4.